The van der Waals surface area contributed by atoms with Gasteiger partial charge in [-0.3, -0.25) is 0 Å². The number of fused-ring (bicyclic) bond motifs is 9. The van der Waals surface area contributed by atoms with Crippen molar-refractivity contribution >= 4 is 0 Å². The monoisotopic (exact) mass is 267 g/mol. The molecule has 1 nitrogen and oxygen atoms in total. The summed E-state index contributed by atoms with van der Waals surface area (Å²) in [4.78, 5) is 0. The maximum absolute atomic E-state index is 9.81. The molecule has 20 heavy (non-hydrogen) atoms. The summed E-state index contributed by atoms with van der Waals surface area (Å²) in [6.45, 7) is 0. The van der Waals surface area contributed by atoms with Crippen molar-refractivity contribution in [1.29, 1.82) is 5.26 Å². The Bertz CT molecular complexity index is 480. The largest absolute Gasteiger partial charge is 0.198 e. The van der Waals surface area contributed by atoms with E-state index < -0.39 is 0 Å². The van der Waals surface area contributed by atoms with Crippen LogP contribution in [0.3, 0.4) is 0 Å². The van der Waals surface area contributed by atoms with Crippen molar-refractivity contribution in [2.45, 2.75) is 44.9 Å². The molecule has 0 aromatic carbocycles. The van der Waals surface area contributed by atoms with E-state index in [-0.39, 0.29) is 0 Å². The molecule has 0 spiro atoms. The lowest BCUT2D eigenvalue weighted by atomic mass is 9.60. The minimum Gasteiger partial charge on any atom is -0.198 e. The second-order valence-electron chi connectivity index (χ2n) is 8.30. The van der Waals surface area contributed by atoms with Crippen LogP contribution in [0.4, 0.5) is 0 Å². The fraction of sp³-hybridized carbons (Fsp3) is 0.842. The van der Waals surface area contributed by atoms with Crippen LogP contribution < -0.4 is 0 Å². The molecule has 0 heterocycles. The van der Waals surface area contributed by atoms with Gasteiger partial charge in [0, 0.05) is 0 Å². The molecular formula is C19H25N. The third-order valence-electron chi connectivity index (χ3n) is 7.83. The number of hydrogen-bond donors (Lipinski definition) is 0. The average Bonchev–Trinajstić information content (AvgIpc) is 3.24. The summed E-state index contributed by atoms with van der Waals surface area (Å²) in [7, 11) is 0. The lowest BCUT2D eigenvalue weighted by molar-refractivity contribution is 0.0612. The first-order valence-electron chi connectivity index (χ1n) is 8.96. The van der Waals surface area contributed by atoms with E-state index in [4.69, 9.17) is 0 Å². The number of nitrogens with zero attached hydrogens (tertiary/aromatic N) is 1. The Balaban J connectivity index is 1.49. The number of hydrogen-bond acceptors (Lipinski definition) is 1. The van der Waals surface area contributed by atoms with E-state index in [2.05, 4.69) is 18.2 Å². The minimum absolute atomic E-state index is 0.414. The molecule has 0 N–H and O–H groups in total. The predicted molar refractivity (Wildman–Crippen MR) is 78.5 cm³/mol. The molecule has 0 aromatic heterocycles. The Hall–Kier alpha value is -0.770. The van der Waals surface area contributed by atoms with Gasteiger partial charge in [0.2, 0.25) is 0 Å². The van der Waals surface area contributed by atoms with Crippen LogP contribution in [-0.2, 0) is 0 Å². The fourth-order valence-corrected chi connectivity index (χ4v) is 7.43. The summed E-state index contributed by atoms with van der Waals surface area (Å²) in [5.74, 6) is 7.39. The lowest BCUT2D eigenvalue weighted by Gasteiger charge is -2.43. The molecule has 1 heteroatoms. The Morgan fingerprint density at radius 1 is 0.800 bits per heavy atom. The van der Waals surface area contributed by atoms with Gasteiger partial charge in [-0.1, -0.05) is 44.3 Å². The summed E-state index contributed by atoms with van der Waals surface area (Å²) < 4.78 is 0. The molecule has 8 unspecified atom stereocenters. The normalized spacial score (nSPS) is 56.1. The maximum atomic E-state index is 9.81. The Morgan fingerprint density at radius 3 is 2.20 bits per heavy atom. The van der Waals surface area contributed by atoms with Gasteiger partial charge in [0.05, 0.1) is 12.0 Å². The molecule has 106 valence electrons. The quantitative estimate of drug-likeness (QED) is 0.510. The van der Waals surface area contributed by atoms with Crippen LogP contribution in [0.15, 0.2) is 12.2 Å². The van der Waals surface area contributed by atoms with Crippen LogP contribution >= 0.6 is 0 Å². The first-order valence-corrected chi connectivity index (χ1v) is 8.96. The van der Waals surface area contributed by atoms with E-state index >= 15 is 0 Å². The number of nitriles is 1. The Labute approximate surface area is 122 Å². The molecule has 0 saturated heterocycles. The van der Waals surface area contributed by atoms with Crippen LogP contribution in [0.2, 0.25) is 0 Å². The van der Waals surface area contributed by atoms with Gasteiger partial charge in [0.1, 0.15) is 0 Å². The third-order valence-corrected chi connectivity index (χ3v) is 7.83. The molecule has 4 bridgehead atoms. The average molecular weight is 267 g/mol. The molecule has 5 aliphatic rings. The second kappa shape index (κ2) is 4.12. The van der Waals surface area contributed by atoms with Crippen LogP contribution in [0.1, 0.15) is 44.9 Å². The highest BCUT2D eigenvalue weighted by molar-refractivity contribution is 5.24. The van der Waals surface area contributed by atoms with Gasteiger partial charge in [-0.15, -0.1) is 0 Å². The highest BCUT2D eigenvalue weighted by Gasteiger charge is 2.65. The molecule has 0 amide bonds. The highest BCUT2D eigenvalue weighted by Crippen LogP contribution is 2.70. The topological polar surface area (TPSA) is 23.8 Å². The van der Waals surface area contributed by atoms with Crippen molar-refractivity contribution in [2.24, 2.45) is 53.3 Å². The standard InChI is InChI=1S/C19H25N/c20-10-16-14-9-15(17(16)11-4-2-1-3-5-11)19-13-7-6-12(8-13)18(14)19/h6-7,11-19H,1-5,8-9H2. The van der Waals surface area contributed by atoms with E-state index in [1.807, 2.05) is 0 Å². The first-order chi connectivity index (χ1) is 9.88. The highest BCUT2D eigenvalue weighted by atomic mass is 14.7. The van der Waals surface area contributed by atoms with Gasteiger partial charge in [0.25, 0.3) is 0 Å². The van der Waals surface area contributed by atoms with E-state index in [0.717, 1.165) is 47.3 Å². The summed E-state index contributed by atoms with van der Waals surface area (Å²) >= 11 is 0. The van der Waals surface area contributed by atoms with Crippen LogP contribution in [0.25, 0.3) is 0 Å². The van der Waals surface area contributed by atoms with Crippen LogP contribution in [0, 0.1) is 64.6 Å². The Kier molecular flexibility index (Phi) is 2.44. The van der Waals surface area contributed by atoms with E-state index in [1.165, 1.54) is 44.9 Å². The SMILES string of the molecule is N#CC1C2CC(C1C1CCCCC1)C1C3C=CC(C3)C21. The van der Waals surface area contributed by atoms with E-state index in [9.17, 15) is 5.26 Å². The maximum Gasteiger partial charge on any atom is 0.0661 e. The van der Waals surface area contributed by atoms with Gasteiger partial charge >= 0.3 is 0 Å². The number of allylic oxidation sites excluding steroid dienone is 2. The van der Waals surface area contributed by atoms with Gasteiger partial charge in [-0.2, -0.15) is 5.26 Å². The van der Waals surface area contributed by atoms with E-state index in [0.29, 0.717) is 5.92 Å². The molecule has 5 rings (SSSR count). The molecule has 4 saturated carbocycles. The minimum atomic E-state index is 0.414. The molecule has 0 aliphatic heterocycles. The molecular weight excluding hydrogens is 242 g/mol. The van der Waals surface area contributed by atoms with Crippen LogP contribution in [-0.4, -0.2) is 0 Å². The molecule has 0 radical (unpaired) electrons. The van der Waals surface area contributed by atoms with Crippen LogP contribution in [0.5, 0.6) is 0 Å². The predicted octanol–water partition coefficient (Wildman–Crippen LogP) is 4.41. The second-order valence-corrected chi connectivity index (χ2v) is 8.30. The van der Waals surface area contributed by atoms with Gasteiger partial charge in [0.15, 0.2) is 0 Å². The van der Waals surface area contributed by atoms with E-state index in [1.54, 1.807) is 0 Å². The summed E-state index contributed by atoms with van der Waals surface area (Å²) in [6, 6.07) is 2.79. The first kappa shape index (κ1) is 11.8. The van der Waals surface area contributed by atoms with Crippen molar-refractivity contribution in [1.82, 2.24) is 0 Å². The Morgan fingerprint density at radius 2 is 1.50 bits per heavy atom. The third kappa shape index (κ3) is 1.34. The van der Waals surface area contributed by atoms with Crippen molar-refractivity contribution in [3.8, 4) is 6.07 Å². The zero-order chi connectivity index (χ0) is 13.3. The van der Waals surface area contributed by atoms with Crippen molar-refractivity contribution in [2.75, 3.05) is 0 Å². The smallest absolute Gasteiger partial charge is 0.0661 e. The molecule has 5 aliphatic carbocycles. The summed E-state index contributed by atoms with van der Waals surface area (Å²) in [6.07, 6.45) is 15.0. The van der Waals surface area contributed by atoms with Gasteiger partial charge < -0.3 is 0 Å². The summed E-state index contributed by atoms with van der Waals surface area (Å²) in [5, 5.41) is 9.81. The van der Waals surface area contributed by atoms with Crippen molar-refractivity contribution in [3.05, 3.63) is 12.2 Å². The van der Waals surface area contributed by atoms with Crippen molar-refractivity contribution < 1.29 is 0 Å². The summed E-state index contributed by atoms with van der Waals surface area (Å²) in [5.41, 5.74) is 0. The molecule has 0 aromatic rings. The van der Waals surface area contributed by atoms with Gasteiger partial charge in [-0.05, 0) is 60.2 Å². The molecule has 8 atom stereocenters. The number of rotatable bonds is 1. The lowest BCUT2D eigenvalue weighted by Crippen LogP contribution is -2.40. The zero-order valence-corrected chi connectivity index (χ0v) is 12.2. The fourth-order valence-electron chi connectivity index (χ4n) is 7.43. The van der Waals surface area contributed by atoms with Gasteiger partial charge in [-0.25, -0.2) is 0 Å². The molecule has 4 fully saturated rings. The van der Waals surface area contributed by atoms with Crippen molar-refractivity contribution in [3.63, 3.8) is 0 Å². The zero-order valence-electron chi connectivity index (χ0n) is 12.2.